The molecular weight excluding hydrogens is 204 g/mol. The van der Waals surface area contributed by atoms with Gasteiger partial charge < -0.3 is 19.7 Å². The topological polar surface area (TPSA) is 58.9 Å². The summed E-state index contributed by atoms with van der Waals surface area (Å²) in [5.41, 5.74) is 0. The van der Waals surface area contributed by atoms with Crippen LogP contribution in [0.5, 0.6) is 0 Å². The van der Waals surface area contributed by atoms with Crippen LogP contribution in [0.4, 0.5) is 0 Å². The monoisotopic (exact) mass is 220 g/mol. The van der Waals surface area contributed by atoms with Gasteiger partial charge in [-0.25, -0.2) is 0 Å². The lowest BCUT2D eigenvalue weighted by atomic mass is 10.1. The third-order valence-corrected chi connectivity index (χ3v) is 3.32. The minimum atomic E-state index is -1.21. The summed E-state index contributed by atoms with van der Waals surface area (Å²) in [5.74, 6) is -0.155. The van der Waals surface area contributed by atoms with Crippen LogP contribution in [0.25, 0.3) is 0 Å². The van der Waals surface area contributed by atoms with Crippen molar-refractivity contribution in [1.29, 1.82) is 0 Å². The molecule has 0 aromatic heterocycles. The predicted octanol–water partition coefficient (Wildman–Crippen LogP) is -0.0249. The van der Waals surface area contributed by atoms with Crippen LogP contribution in [0.1, 0.15) is 13.8 Å². The van der Waals surface area contributed by atoms with E-state index in [0.29, 0.717) is 11.9 Å². The van der Waals surface area contributed by atoms with Gasteiger partial charge in [-0.05, 0) is 13.8 Å². The second kappa shape index (κ2) is 3.64. The van der Waals surface area contributed by atoms with Gasteiger partial charge in [0.25, 0.3) is 0 Å². The molecule has 4 atom stereocenters. The zero-order chi connectivity index (χ0) is 10.3. The number of rotatable bonds is 3. The number of ether oxygens (including phenoxy) is 2. The maximum Gasteiger partial charge on any atom is 0.160 e. The van der Waals surface area contributed by atoms with Crippen LogP contribution in [0.3, 0.4) is 0 Å². The third kappa shape index (κ3) is 2.41. The molecule has 0 bridgehead atoms. The summed E-state index contributed by atoms with van der Waals surface area (Å²) >= 11 is 1.79. The van der Waals surface area contributed by atoms with Crippen molar-refractivity contribution < 1.29 is 19.7 Å². The largest absolute Gasteiger partial charge is 0.388 e. The number of aliphatic hydroxyl groups is 2. The minimum absolute atomic E-state index is 0.118. The van der Waals surface area contributed by atoms with Gasteiger partial charge in [-0.2, -0.15) is 11.8 Å². The molecular formula is C9H16O4S. The summed E-state index contributed by atoms with van der Waals surface area (Å²) in [6, 6.07) is 0. The lowest BCUT2D eigenvalue weighted by Crippen LogP contribution is -2.40. The van der Waals surface area contributed by atoms with Crippen molar-refractivity contribution in [2.24, 2.45) is 0 Å². The number of hydrogen-bond donors (Lipinski definition) is 2. The van der Waals surface area contributed by atoms with E-state index in [-0.39, 0.29) is 6.10 Å². The van der Waals surface area contributed by atoms with Crippen molar-refractivity contribution in [3.05, 3.63) is 0 Å². The Bertz CT molecular complexity index is 211. The molecule has 0 unspecified atom stereocenters. The summed E-state index contributed by atoms with van der Waals surface area (Å²) in [4.78, 5) is 0. The number of aliphatic hydroxyl groups excluding tert-OH is 1. The van der Waals surface area contributed by atoms with Crippen molar-refractivity contribution in [3.63, 3.8) is 0 Å². The van der Waals surface area contributed by atoms with Crippen molar-refractivity contribution >= 4 is 11.8 Å². The molecule has 2 N–H and O–H groups in total. The predicted molar refractivity (Wildman–Crippen MR) is 53.2 cm³/mol. The fourth-order valence-electron chi connectivity index (χ4n) is 1.66. The fraction of sp³-hybridized carbons (Fsp3) is 1.00. The van der Waals surface area contributed by atoms with Crippen molar-refractivity contribution in [2.45, 2.75) is 43.2 Å². The second-order valence-corrected chi connectivity index (χ2v) is 5.54. The molecule has 0 radical (unpaired) electrons. The molecule has 14 heavy (non-hydrogen) atoms. The summed E-state index contributed by atoms with van der Waals surface area (Å²) in [6.07, 6.45) is -1.13. The first kappa shape index (κ1) is 10.7. The first-order chi connectivity index (χ1) is 6.47. The molecule has 0 saturated carbocycles. The lowest BCUT2D eigenvalue weighted by Gasteiger charge is -2.25. The Hall–Kier alpha value is 0.190. The van der Waals surface area contributed by atoms with E-state index in [9.17, 15) is 10.2 Å². The normalized spacial score (nSPS) is 42.9. The van der Waals surface area contributed by atoms with Gasteiger partial charge in [-0.3, -0.25) is 0 Å². The molecule has 82 valence electrons. The van der Waals surface area contributed by atoms with Gasteiger partial charge in [0.05, 0.1) is 12.7 Å². The van der Waals surface area contributed by atoms with Crippen LogP contribution < -0.4 is 0 Å². The Balaban J connectivity index is 1.89. The first-order valence-corrected chi connectivity index (χ1v) is 5.84. The van der Waals surface area contributed by atoms with E-state index >= 15 is 0 Å². The Morgan fingerprint density at radius 2 is 2.14 bits per heavy atom. The van der Waals surface area contributed by atoms with Crippen LogP contribution in [0.15, 0.2) is 0 Å². The summed E-state index contributed by atoms with van der Waals surface area (Å²) in [5, 5.41) is 19.7. The molecule has 0 aliphatic carbocycles. The van der Waals surface area contributed by atoms with Gasteiger partial charge in [0.2, 0.25) is 0 Å². The minimum Gasteiger partial charge on any atom is -0.388 e. The highest BCUT2D eigenvalue weighted by Gasteiger charge is 2.47. The van der Waals surface area contributed by atoms with Gasteiger partial charge in [0.15, 0.2) is 5.79 Å². The van der Waals surface area contributed by atoms with E-state index in [1.165, 1.54) is 0 Å². The average molecular weight is 220 g/mol. The zero-order valence-electron chi connectivity index (χ0n) is 8.34. The fourth-order valence-corrected chi connectivity index (χ4v) is 2.39. The van der Waals surface area contributed by atoms with Crippen LogP contribution in [0, 0.1) is 0 Å². The highest BCUT2D eigenvalue weighted by atomic mass is 32.2. The smallest absolute Gasteiger partial charge is 0.160 e. The van der Waals surface area contributed by atoms with E-state index in [4.69, 9.17) is 9.47 Å². The molecule has 0 spiro atoms. The molecule has 4 nitrogen and oxygen atoms in total. The maximum atomic E-state index is 9.85. The van der Waals surface area contributed by atoms with E-state index in [1.807, 2.05) is 0 Å². The molecule has 0 aromatic rings. The highest BCUT2D eigenvalue weighted by molar-refractivity contribution is 8.06. The van der Waals surface area contributed by atoms with Crippen molar-refractivity contribution in [2.75, 3.05) is 12.4 Å². The first-order valence-electron chi connectivity index (χ1n) is 4.79. The molecule has 2 fully saturated rings. The number of hydrogen-bond acceptors (Lipinski definition) is 5. The quantitative estimate of drug-likeness (QED) is 0.517. The molecule has 0 aromatic carbocycles. The van der Waals surface area contributed by atoms with Crippen LogP contribution >= 0.6 is 11.8 Å². The summed E-state index contributed by atoms with van der Waals surface area (Å²) in [7, 11) is 0. The highest BCUT2D eigenvalue weighted by Crippen LogP contribution is 2.39. The van der Waals surface area contributed by atoms with Crippen molar-refractivity contribution in [1.82, 2.24) is 0 Å². The van der Waals surface area contributed by atoms with Crippen LogP contribution in [-0.4, -0.2) is 51.9 Å². The molecule has 2 heterocycles. The number of thioether (sulfide) groups is 1. The molecule has 2 aliphatic heterocycles. The average Bonchev–Trinajstić information content (AvgIpc) is 2.79. The van der Waals surface area contributed by atoms with E-state index < -0.39 is 18.0 Å². The van der Waals surface area contributed by atoms with Gasteiger partial charge in [-0.15, -0.1) is 0 Å². The van der Waals surface area contributed by atoms with Gasteiger partial charge in [0.1, 0.15) is 12.2 Å². The Labute approximate surface area is 87.6 Å². The summed E-state index contributed by atoms with van der Waals surface area (Å²) < 4.78 is 10.7. The van der Waals surface area contributed by atoms with Gasteiger partial charge >= 0.3 is 0 Å². The van der Waals surface area contributed by atoms with Gasteiger partial charge in [-0.1, -0.05) is 0 Å². The molecule has 2 saturated heterocycles. The van der Waals surface area contributed by atoms with E-state index in [2.05, 4.69) is 0 Å². The Morgan fingerprint density at radius 1 is 1.50 bits per heavy atom. The van der Waals surface area contributed by atoms with E-state index in [1.54, 1.807) is 25.6 Å². The molecule has 0 amide bonds. The Morgan fingerprint density at radius 3 is 2.64 bits per heavy atom. The third-order valence-electron chi connectivity index (χ3n) is 2.34. The molecule has 2 rings (SSSR count). The maximum absolute atomic E-state index is 9.85. The van der Waals surface area contributed by atoms with E-state index in [0.717, 1.165) is 5.75 Å². The van der Waals surface area contributed by atoms with Crippen LogP contribution in [0.2, 0.25) is 0 Å². The molecule has 2 aliphatic rings. The van der Waals surface area contributed by atoms with Crippen molar-refractivity contribution in [3.8, 4) is 0 Å². The summed E-state index contributed by atoms with van der Waals surface area (Å²) in [6.45, 7) is 3.48. The van der Waals surface area contributed by atoms with Gasteiger partial charge in [0, 0.05) is 11.0 Å². The zero-order valence-corrected chi connectivity index (χ0v) is 9.16. The standard InChI is InChI=1S/C9H16O4S/c1-9(2,11)13-5-3-12-8(7(5)10)6-4-14-6/h5-8,10-11H,3-4H2,1-2H3/t5-,6+,7-,8-/m1/s1. The molecule has 5 heteroatoms. The van der Waals surface area contributed by atoms with Crippen LogP contribution in [-0.2, 0) is 9.47 Å². The second-order valence-electron chi connectivity index (χ2n) is 4.26. The SMILES string of the molecule is CC(C)(O)O[C@@H]1CO[C@H]([C@@H]2CS2)[C@@H]1O. The Kier molecular flexibility index (Phi) is 2.79. The lowest BCUT2D eigenvalue weighted by molar-refractivity contribution is -0.217.